The van der Waals surface area contributed by atoms with Gasteiger partial charge < -0.3 is 4.74 Å². The largest absolute Gasteiger partial charge is 0.494 e. The van der Waals surface area contributed by atoms with Crippen LogP contribution in [0.2, 0.25) is 0 Å². The molecule has 1 saturated carbocycles. The number of ether oxygens (including phenoxy) is 1. The molecule has 1 aliphatic carbocycles. The van der Waals surface area contributed by atoms with Crippen molar-refractivity contribution < 1.29 is 4.74 Å². The van der Waals surface area contributed by atoms with Crippen molar-refractivity contribution in [1.82, 2.24) is 0 Å². The number of benzene rings is 2. The molecule has 2 aromatic carbocycles. The molecule has 1 fully saturated rings. The SMILES string of the molecule is CCCCCOc1ccc(C#CC=CC2CCC(c3ccc(CC)cc3)CC2)cc1. The molecule has 3 rings (SSSR count). The van der Waals surface area contributed by atoms with E-state index >= 15 is 0 Å². The van der Waals surface area contributed by atoms with Gasteiger partial charge in [-0.05, 0) is 91.8 Å². The highest BCUT2D eigenvalue weighted by molar-refractivity contribution is 5.40. The number of unbranched alkanes of at least 4 members (excludes halogenated alkanes) is 2. The maximum Gasteiger partial charge on any atom is 0.119 e. The Morgan fingerprint density at radius 2 is 1.63 bits per heavy atom. The minimum absolute atomic E-state index is 0.671. The second kappa shape index (κ2) is 12.3. The minimum atomic E-state index is 0.671. The van der Waals surface area contributed by atoms with Crippen LogP contribution in [-0.4, -0.2) is 6.61 Å². The van der Waals surface area contributed by atoms with Crippen molar-refractivity contribution in [3.63, 3.8) is 0 Å². The van der Waals surface area contributed by atoms with Crippen molar-refractivity contribution in [3.05, 3.63) is 77.4 Å². The van der Waals surface area contributed by atoms with E-state index in [4.69, 9.17) is 4.74 Å². The Labute approximate surface area is 183 Å². The first-order valence-corrected chi connectivity index (χ1v) is 11.8. The second-order valence-electron chi connectivity index (χ2n) is 8.42. The van der Waals surface area contributed by atoms with Crippen LogP contribution in [0, 0.1) is 17.8 Å². The summed E-state index contributed by atoms with van der Waals surface area (Å²) in [6, 6.07) is 17.4. The van der Waals surface area contributed by atoms with Crippen molar-refractivity contribution in [1.29, 1.82) is 0 Å². The maximum absolute atomic E-state index is 5.76. The molecule has 0 radical (unpaired) electrons. The molecule has 0 bridgehead atoms. The molecule has 1 aliphatic rings. The fourth-order valence-corrected chi connectivity index (χ4v) is 4.16. The van der Waals surface area contributed by atoms with Gasteiger partial charge in [0.1, 0.15) is 5.75 Å². The smallest absolute Gasteiger partial charge is 0.119 e. The van der Waals surface area contributed by atoms with Crippen LogP contribution in [0.5, 0.6) is 5.75 Å². The van der Waals surface area contributed by atoms with E-state index in [1.165, 1.54) is 49.7 Å². The standard InChI is InChI=1S/C29H36O/c1-3-5-8-23-30-29-21-15-26(16-22-29)10-7-6-9-25-13-19-28(20-14-25)27-17-11-24(4-2)12-18-27/h6,9,11-12,15-18,21-22,25,28H,3-5,8,13-14,19-20,23H2,1-2H3. The van der Waals surface area contributed by atoms with E-state index in [1.54, 1.807) is 0 Å². The van der Waals surface area contributed by atoms with Gasteiger partial charge in [-0.1, -0.05) is 68.9 Å². The third kappa shape index (κ3) is 7.10. The van der Waals surface area contributed by atoms with Crippen LogP contribution in [0.25, 0.3) is 0 Å². The summed E-state index contributed by atoms with van der Waals surface area (Å²) >= 11 is 0. The lowest BCUT2D eigenvalue weighted by atomic mass is 9.78. The fourth-order valence-electron chi connectivity index (χ4n) is 4.16. The first-order chi connectivity index (χ1) is 14.8. The molecule has 0 spiro atoms. The molecule has 0 amide bonds. The number of hydrogen-bond acceptors (Lipinski definition) is 1. The van der Waals surface area contributed by atoms with E-state index < -0.39 is 0 Å². The number of hydrogen-bond donors (Lipinski definition) is 0. The zero-order valence-corrected chi connectivity index (χ0v) is 18.7. The predicted octanol–water partition coefficient (Wildman–Crippen LogP) is 7.70. The second-order valence-corrected chi connectivity index (χ2v) is 8.42. The van der Waals surface area contributed by atoms with E-state index in [0.29, 0.717) is 5.92 Å². The Bertz CT molecular complexity index is 825. The van der Waals surface area contributed by atoms with Gasteiger partial charge in [-0.15, -0.1) is 0 Å². The quantitative estimate of drug-likeness (QED) is 0.326. The summed E-state index contributed by atoms with van der Waals surface area (Å²) in [5.41, 5.74) is 4.00. The third-order valence-corrected chi connectivity index (χ3v) is 6.17. The Hall–Kier alpha value is -2.46. The topological polar surface area (TPSA) is 9.23 Å². The maximum atomic E-state index is 5.76. The highest BCUT2D eigenvalue weighted by Gasteiger charge is 2.20. The lowest BCUT2D eigenvalue weighted by molar-refractivity contribution is 0.306. The van der Waals surface area contributed by atoms with Crippen LogP contribution >= 0.6 is 0 Å². The molecule has 0 heterocycles. The van der Waals surface area contributed by atoms with Crippen LogP contribution in [0.4, 0.5) is 0 Å². The van der Waals surface area contributed by atoms with Gasteiger partial charge >= 0.3 is 0 Å². The van der Waals surface area contributed by atoms with Gasteiger partial charge in [0.05, 0.1) is 6.61 Å². The van der Waals surface area contributed by atoms with Crippen molar-refractivity contribution in [2.45, 2.75) is 71.1 Å². The van der Waals surface area contributed by atoms with Gasteiger partial charge in [0.15, 0.2) is 0 Å². The summed E-state index contributed by atoms with van der Waals surface area (Å²) in [6.07, 6.45) is 14.2. The summed E-state index contributed by atoms with van der Waals surface area (Å²) in [5, 5.41) is 0. The first kappa shape index (κ1) is 22.2. The van der Waals surface area contributed by atoms with E-state index in [9.17, 15) is 0 Å². The van der Waals surface area contributed by atoms with Crippen LogP contribution in [0.15, 0.2) is 60.7 Å². The molecule has 1 heteroatoms. The summed E-state index contributed by atoms with van der Waals surface area (Å²) in [5.74, 6) is 8.79. The molecule has 0 aromatic heterocycles. The summed E-state index contributed by atoms with van der Waals surface area (Å²) in [4.78, 5) is 0. The molecule has 0 unspecified atom stereocenters. The Balaban J connectivity index is 1.41. The molecule has 0 atom stereocenters. The molecule has 1 nitrogen and oxygen atoms in total. The van der Waals surface area contributed by atoms with Gasteiger partial charge in [0.25, 0.3) is 0 Å². The Morgan fingerprint density at radius 3 is 2.30 bits per heavy atom. The van der Waals surface area contributed by atoms with Gasteiger partial charge in [0, 0.05) is 5.56 Å². The molecule has 30 heavy (non-hydrogen) atoms. The van der Waals surface area contributed by atoms with Crippen LogP contribution in [0.3, 0.4) is 0 Å². The van der Waals surface area contributed by atoms with Gasteiger partial charge in [-0.2, -0.15) is 0 Å². The van der Waals surface area contributed by atoms with Gasteiger partial charge in [0.2, 0.25) is 0 Å². The minimum Gasteiger partial charge on any atom is -0.494 e. The fraction of sp³-hybridized carbons (Fsp3) is 0.448. The number of aryl methyl sites for hydroxylation is 1. The molecule has 0 saturated heterocycles. The van der Waals surface area contributed by atoms with Gasteiger partial charge in [-0.25, -0.2) is 0 Å². The number of rotatable bonds is 8. The zero-order chi connectivity index (χ0) is 21.0. The highest BCUT2D eigenvalue weighted by Crippen LogP contribution is 2.36. The average Bonchev–Trinajstić information content (AvgIpc) is 2.81. The summed E-state index contributed by atoms with van der Waals surface area (Å²) in [6.45, 7) is 5.22. The lowest BCUT2D eigenvalue weighted by Crippen LogP contribution is -2.11. The zero-order valence-electron chi connectivity index (χ0n) is 18.7. The Morgan fingerprint density at radius 1 is 0.900 bits per heavy atom. The molecule has 0 aliphatic heterocycles. The van der Waals surface area contributed by atoms with Crippen molar-refractivity contribution >= 4 is 0 Å². The van der Waals surface area contributed by atoms with E-state index in [1.807, 2.05) is 24.3 Å². The normalized spacial score (nSPS) is 18.7. The molecular weight excluding hydrogens is 364 g/mol. The number of allylic oxidation sites excluding steroid dienone is 2. The first-order valence-electron chi connectivity index (χ1n) is 11.8. The Kier molecular flexibility index (Phi) is 9.10. The van der Waals surface area contributed by atoms with Crippen LogP contribution in [0.1, 0.15) is 81.4 Å². The average molecular weight is 401 g/mol. The van der Waals surface area contributed by atoms with Crippen molar-refractivity contribution in [2.24, 2.45) is 5.92 Å². The highest BCUT2D eigenvalue weighted by atomic mass is 16.5. The van der Waals surface area contributed by atoms with E-state index in [0.717, 1.165) is 36.7 Å². The summed E-state index contributed by atoms with van der Waals surface area (Å²) in [7, 11) is 0. The lowest BCUT2D eigenvalue weighted by Gasteiger charge is -2.27. The van der Waals surface area contributed by atoms with E-state index in [2.05, 4.69) is 62.1 Å². The molecule has 158 valence electrons. The predicted molar refractivity (Wildman–Crippen MR) is 128 cm³/mol. The van der Waals surface area contributed by atoms with Crippen LogP contribution < -0.4 is 4.74 Å². The van der Waals surface area contributed by atoms with Gasteiger partial charge in [-0.3, -0.25) is 0 Å². The molecular formula is C29H36O. The van der Waals surface area contributed by atoms with Crippen LogP contribution in [-0.2, 0) is 6.42 Å². The van der Waals surface area contributed by atoms with Crippen molar-refractivity contribution in [3.8, 4) is 17.6 Å². The monoisotopic (exact) mass is 400 g/mol. The molecule has 0 N–H and O–H groups in total. The van der Waals surface area contributed by atoms with Crippen molar-refractivity contribution in [2.75, 3.05) is 6.61 Å². The molecule has 2 aromatic rings. The summed E-state index contributed by atoms with van der Waals surface area (Å²) < 4.78 is 5.76. The van der Waals surface area contributed by atoms with E-state index in [-0.39, 0.29) is 0 Å². The third-order valence-electron chi connectivity index (χ3n) is 6.17.